The Morgan fingerprint density at radius 2 is 2.43 bits per heavy atom. The monoisotopic (exact) mass is 216 g/mol. The third-order valence-electron chi connectivity index (χ3n) is 1.72. The van der Waals surface area contributed by atoms with E-state index in [0.29, 0.717) is 0 Å². The molecule has 1 aromatic heterocycles. The van der Waals surface area contributed by atoms with Gasteiger partial charge < -0.3 is 0 Å². The highest BCUT2D eigenvalue weighted by atomic mass is 35.5. The van der Waals surface area contributed by atoms with Crippen LogP contribution in [-0.4, -0.2) is 15.5 Å². The Bertz CT molecular complexity index is 403. The average molecular weight is 217 g/mol. The standard InChI is InChI=1S/C7H9ClN4O2/c1-4(6(13)11-9)12-3-5(8)2-10-7(12)14/h2-4H,9H2,1H3,(H,11,13). The number of carbonyl (C=O) groups is 1. The second-order valence-electron chi connectivity index (χ2n) is 2.65. The molecule has 6 nitrogen and oxygen atoms in total. The molecule has 0 fully saturated rings. The molecule has 1 unspecified atom stereocenters. The Hall–Kier alpha value is -1.40. The van der Waals surface area contributed by atoms with Crippen LogP contribution in [0.5, 0.6) is 0 Å². The summed E-state index contributed by atoms with van der Waals surface area (Å²) in [5.74, 6) is 4.44. The zero-order valence-electron chi connectivity index (χ0n) is 7.40. The molecule has 0 aliphatic rings. The fourth-order valence-electron chi connectivity index (χ4n) is 0.929. The molecule has 1 atom stereocenters. The minimum absolute atomic E-state index is 0.279. The molecule has 0 spiro atoms. The molecule has 1 aromatic rings. The molecule has 14 heavy (non-hydrogen) atoms. The van der Waals surface area contributed by atoms with Gasteiger partial charge >= 0.3 is 5.69 Å². The molecule has 0 saturated carbocycles. The van der Waals surface area contributed by atoms with Crippen LogP contribution in [0.4, 0.5) is 0 Å². The Kier molecular flexibility index (Phi) is 3.21. The van der Waals surface area contributed by atoms with Gasteiger partial charge in [0.05, 0.1) is 11.2 Å². The lowest BCUT2D eigenvalue weighted by molar-refractivity contribution is -0.124. The summed E-state index contributed by atoms with van der Waals surface area (Å²) in [5.41, 5.74) is 1.39. The number of hydrogen-bond acceptors (Lipinski definition) is 4. The van der Waals surface area contributed by atoms with E-state index >= 15 is 0 Å². The predicted octanol–water partition coefficient (Wildman–Crippen LogP) is -0.552. The zero-order valence-corrected chi connectivity index (χ0v) is 8.15. The number of rotatable bonds is 2. The highest BCUT2D eigenvalue weighted by Gasteiger charge is 2.15. The molecular formula is C7H9ClN4O2. The minimum atomic E-state index is -0.737. The number of amides is 1. The first-order valence-corrected chi connectivity index (χ1v) is 4.18. The molecule has 76 valence electrons. The SMILES string of the molecule is CC(C(=O)NN)n1cc(Cl)cnc1=O. The van der Waals surface area contributed by atoms with E-state index in [1.165, 1.54) is 19.3 Å². The summed E-state index contributed by atoms with van der Waals surface area (Å²) in [6.07, 6.45) is 2.55. The lowest BCUT2D eigenvalue weighted by Gasteiger charge is -2.12. The number of nitrogens with zero attached hydrogens (tertiary/aromatic N) is 2. The van der Waals surface area contributed by atoms with Gasteiger partial charge in [-0.1, -0.05) is 11.6 Å². The van der Waals surface area contributed by atoms with Crippen LogP contribution in [0.2, 0.25) is 5.02 Å². The molecule has 7 heteroatoms. The van der Waals surface area contributed by atoms with Crippen molar-refractivity contribution in [3.63, 3.8) is 0 Å². The van der Waals surface area contributed by atoms with Crippen LogP contribution in [0.15, 0.2) is 17.2 Å². The van der Waals surface area contributed by atoms with Crippen molar-refractivity contribution in [2.45, 2.75) is 13.0 Å². The van der Waals surface area contributed by atoms with Crippen LogP contribution >= 0.6 is 11.6 Å². The van der Waals surface area contributed by atoms with E-state index in [9.17, 15) is 9.59 Å². The summed E-state index contributed by atoms with van der Waals surface area (Å²) >= 11 is 5.62. The van der Waals surface area contributed by atoms with Crippen molar-refractivity contribution >= 4 is 17.5 Å². The third kappa shape index (κ3) is 2.09. The van der Waals surface area contributed by atoms with E-state index in [2.05, 4.69) is 4.98 Å². The van der Waals surface area contributed by atoms with E-state index in [1.807, 2.05) is 5.43 Å². The molecule has 0 radical (unpaired) electrons. The maximum absolute atomic E-state index is 11.2. The number of nitrogens with two attached hydrogens (primary N) is 1. The number of halogens is 1. The molecule has 1 amide bonds. The van der Waals surface area contributed by atoms with E-state index in [1.54, 1.807) is 0 Å². The molecule has 0 aliphatic carbocycles. The molecule has 1 rings (SSSR count). The van der Waals surface area contributed by atoms with Gasteiger partial charge in [0, 0.05) is 6.20 Å². The van der Waals surface area contributed by atoms with E-state index in [-0.39, 0.29) is 5.02 Å². The highest BCUT2D eigenvalue weighted by Crippen LogP contribution is 2.06. The number of aromatic nitrogens is 2. The lowest BCUT2D eigenvalue weighted by atomic mass is 10.3. The average Bonchev–Trinajstić information content (AvgIpc) is 2.19. The molecule has 1 heterocycles. The quantitative estimate of drug-likeness (QED) is 0.394. The van der Waals surface area contributed by atoms with Crippen molar-refractivity contribution in [3.8, 4) is 0 Å². The molecule has 0 aliphatic heterocycles. The van der Waals surface area contributed by atoms with E-state index < -0.39 is 17.6 Å². The van der Waals surface area contributed by atoms with Gasteiger partial charge in [0.2, 0.25) is 0 Å². The molecule has 0 aromatic carbocycles. The van der Waals surface area contributed by atoms with Crippen LogP contribution in [0.3, 0.4) is 0 Å². The van der Waals surface area contributed by atoms with Gasteiger partial charge in [-0.05, 0) is 6.92 Å². The van der Waals surface area contributed by atoms with Crippen molar-refractivity contribution < 1.29 is 4.79 Å². The van der Waals surface area contributed by atoms with Crippen molar-refractivity contribution in [2.24, 2.45) is 5.84 Å². The van der Waals surface area contributed by atoms with E-state index in [4.69, 9.17) is 17.4 Å². The normalized spacial score (nSPS) is 12.2. The van der Waals surface area contributed by atoms with Crippen molar-refractivity contribution in [1.82, 2.24) is 15.0 Å². The van der Waals surface area contributed by atoms with Crippen molar-refractivity contribution in [2.75, 3.05) is 0 Å². The lowest BCUT2D eigenvalue weighted by Crippen LogP contribution is -2.39. The van der Waals surface area contributed by atoms with E-state index in [0.717, 1.165) is 4.57 Å². The summed E-state index contributed by atoms with van der Waals surface area (Å²) in [6, 6.07) is -0.737. The summed E-state index contributed by atoms with van der Waals surface area (Å²) in [7, 11) is 0. The van der Waals surface area contributed by atoms with Gasteiger partial charge in [-0.3, -0.25) is 14.8 Å². The Morgan fingerprint density at radius 3 is 3.00 bits per heavy atom. The van der Waals surface area contributed by atoms with Crippen molar-refractivity contribution in [1.29, 1.82) is 0 Å². The summed E-state index contributed by atoms with van der Waals surface area (Å²) < 4.78 is 1.10. The Morgan fingerprint density at radius 1 is 1.79 bits per heavy atom. The molecule has 0 saturated heterocycles. The number of hydrogen-bond donors (Lipinski definition) is 2. The first-order valence-electron chi connectivity index (χ1n) is 3.80. The third-order valence-corrected chi connectivity index (χ3v) is 1.92. The number of nitrogens with one attached hydrogen (secondary N) is 1. The minimum Gasteiger partial charge on any atom is -0.292 e. The Labute approximate surface area is 84.7 Å². The van der Waals surface area contributed by atoms with Crippen LogP contribution in [0, 0.1) is 0 Å². The van der Waals surface area contributed by atoms with Gasteiger partial charge in [0.25, 0.3) is 5.91 Å². The zero-order chi connectivity index (χ0) is 10.7. The fourth-order valence-corrected chi connectivity index (χ4v) is 1.08. The van der Waals surface area contributed by atoms with Gasteiger partial charge in [-0.15, -0.1) is 0 Å². The van der Waals surface area contributed by atoms with Crippen LogP contribution < -0.4 is 17.0 Å². The molecular weight excluding hydrogens is 208 g/mol. The second kappa shape index (κ2) is 4.21. The number of hydrazine groups is 1. The Balaban J connectivity index is 3.12. The molecule has 3 N–H and O–H groups in total. The second-order valence-corrected chi connectivity index (χ2v) is 3.08. The highest BCUT2D eigenvalue weighted by molar-refractivity contribution is 6.30. The maximum Gasteiger partial charge on any atom is 0.348 e. The van der Waals surface area contributed by atoms with Gasteiger partial charge in [0.1, 0.15) is 6.04 Å². The van der Waals surface area contributed by atoms with Gasteiger partial charge in [-0.25, -0.2) is 15.6 Å². The molecule has 0 bridgehead atoms. The largest absolute Gasteiger partial charge is 0.348 e. The summed E-state index contributed by atoms with van der Waals surface area (Å²) in [4.78, 5) is 25.8. The first-order chi connectivity index (χ1) is 6.56. The maximum atomic E-state index is 11.2. The topological polar surface area (TPSA) is 90.0 Å². The van der Waals surface area contributed by atoms with Crippen LogP contribution in [-0.2, 0) is 4.79 Å². The summed E-state index contributed by atoms with van der Waals surface area (Å²) in [6.45, 7) is 1.52. The number of carbonyl (C=O) groups excluding carboxylic acids is 1. The predicted molar refractivity (Wildman–Crippen MR) is 50.5 cm³/mol. The fraction of sp³-hybridized carbons (Fsp3) is 0.286. The van der Waals surface area contributed by atoms with Gasteiger partial charge in [0.15, 0.2) is 0 Å². The summed E-state index contributed by atoms with van der Waals surface area (Å²) in [5, 5.41) is 0.279. The smallest absolute Gasteiger partial charge is 0.292 e. The van der Waals surface area contributed by atoms with Crippen LogP contribution in [0.1, 0.15) is 13.0 Å². The first kappa shape index (κ1) is 10.7. The van der Waals surface area contributed by atoms with Crippen LogP contribution in [0.25, 0.3) is 0 Å². The van der Waals surface area contributed by atoms with Gasteiger partial charge in [-0.2, -0.15) is 0 Å². The van der Waals surface area contributed by atoms with Crippen molar-refractivity contribution in [3.05, 3.63) is 27.9 Å².